The van der Waals surface area contributed by atoms with Gasteiger partial charge in [-0.1, -0.05) is 6.92 Å². The van der Waals surface area contributed by atoms with Crippen LogP contribution in [0.1, 0.15) is 26.7 Å². The van der Waals surface area contributed by atoms with Crippen molar-refractivity contribution in [2.45, 2.75) is 32.8 Å². The Morgan fingerprint density at radius 3 is 2.45 bits per heavy atom. The van der Waals surface area contributed by atoms with E-state index in [1.807, 2.05) is 6.92 Å². The maximum Gasteiger partial charge on any atom is 0.332 e. The molecule has 1 atom stereocenters. The summed E-state index contributed by atoms with van der Waals surface area (Å²) in [6.45, 7) is 3.68. The molecule has 0 spiro atoms. The zero-order chi connectivity index (χ0) is 16.5. The van der Waals surface area contributed by atoms with Gasteiger partial charge in [-0.3, -0.25) is 4.79 Å². The Morgan fingerprint density at radius 1 is 1.32 bits per heavy atom. The smallest absolute Gasteiger partial charge is 0.332 e. The Labute approximate surface area is 129 Å². The topological polar surface area (TPSA) is 84.9 Å². The van der Waals surface area contributed by atoms with Crippen molar-refractivity contribution in [3.8, 4) is 5.75 Å². The number of nitrogens with one attached hydrogen (secondary N) is 1. The van der Waals surface area contributed by atoms with E-state index in [4.69, 9.17) is 14.6 Å². The van der Waals surface area contributed by atoms with Crippen molar-refractivity contribution in [3.05, 3.63) is 36.0 Å². The summed E-state index contributed by atoms with van der Waals surface area (Å²) in [5.41, 5.74) is 0.913. The highest BCUT2D eigenvalue weighted by atomic mass is 16.5. The van der Waals surface area contributed by atoms with Crippen LogP contribution in [0.5, 0.6) is 5.75 Å². The molecule has 1 unspecified atom stereocenters. The molecule has 22 heavy (non-hydrogen) atoms. The fourth-order valence-electron chi connectivity index (χ4n) is 1.61. The molecule has 0 bridgehead atoms. The molecule has 120 valence electrons. The van der Waals surface area contributed by atoms with Crippen LogP contribution in [0.4, 0.5) is 5.69 Å². The molecule has 1 aromatic rings. The molecule has 0 fully saturated rings. The van der Waals surface area contributed by atoms with Crippen LogP contribution in [-0.4, -0.2) is 30.3 Å². The van der Waals surface area contributed by atoms with Crippen molar-refractivity contribution < 1.29 is 24.2 Å². The lowest BCUT2D eigenvalue weighted by Crippen LogP contribution is -2.14. The van der Waals surface area contributed by atoms with Crippen molar-refractivity contribution >= 4 is 17.6 Å². The molecular weight excluding hydrogens is 286 g/mol. The van der Waals surface area contributed by atoms with Crippen molar-refractivity contribution in [2.75, 3.05) is 12.4 Å². The van der Waals surface area contributed by atoms with Gasteiger partial charge in [-0.15, -0.1) is 0 Å². The van der Waals surface area contributed by atoms with E-state index in [2.05, 4.69) is 5.32 Å². The molecule has 0 amide bonds. The lowest BCUT2D eigenvalue weighted by atomic mass is 10.2. The standard InChI is InChI=1S/C16H21NO5/c1-4-11(2)22-16(20)10-13(9-15(18)19)17-12-5-7-14(21-3)8-6-12/h5-8,10-11,17H,4,9H2,1-3H3,(H,18,19). The van der Waals surface area contributed by atoms with E-state index in [9.17, 15) is 9.59 Å². The van der Waals surface area contributed by atoms with E-state index in [1.54, 1.807) is 38.3 Å². The highest BCUT2D eigenvalue weighted by Gasteiger charge is 2.10. The number of anilines is 1. The number of aliphatic carboxylic acids is 1. The van der Waals surface area contributed by atoms with Gasteiger partial charge in [0, 0.05) is 17.5 Å². The van der Waals surface area contributed by atoms with E-state index in [-0.39, 0.29) is 18.2 Å². The Hall–Kier alpha value is -2.50. The van der Waals surface area contributed by atoms with Gasteiger partial charge in [-0.25, -0.2) is 4.79 Å². The highest BCUT2D eigenvalue weighted by molar-refractivity contribution is 5.85. The summed E-state index contributed by atoms with van der Waals surface area (Å²) in [7, 11) is 1.56. The maximum atomic E-state index is 11.7. The third kappa shape index (κ3) is 6.30. The Bertz CT molecular complexity index is 536. The van der Waals surface area contributed by atoms with Crippen LogP contribution in [0.3, 0.4) is 0 Å². The molecule has 0 aliphatic carbocycles. The van der Waals surface area contributed by atoms with Gasteiger partial charge in [0.25, 0.3) is 0 Å². The number of ether oxygens (including phenoxy) is 2. The molecule has 0 saturated heterocycles. The van der Waals surface area contributed by atoms with Crippen molar-refractivity contribution in [3.63, 3.8) is 0 Å². The molecule has 6 heteroatoms. The van der Waals surface area contributed by atoms with E-state index in [0.29, 0.717) is 17.9 Å². The average Bonchev–Trinajstić information content (AvgIpc) is 2.47. The first-order valence-electron chi connectivity index (χ1n) is 6.98. The predicted molar refractivity (Wildman–Crippen MR) is 82.8 cm³/mol. The summed E-state index contributed by atoms with van der Waals surface area (Å²) < 4.78 is 10.2. The molecule has 1 aromatic carbocycles. The third-order valence-electron chi connectivity index (χ3n) is 2.92. The van der Waals surface area contributed by atoms with E-state index in [0.717, 1.165) is 0 Å². The van der Waals surface area contributed by atoms with Gasteiger partial charge in [0.1, 0.15) is 5.75 Å². The van der Waals surface area contributed by atoms with Crippen LogP contribution < -0.4 is 10.1 Å². The van der Waals surface area contributed by atoms with Gasteiger partial charge in [-0.05, 0) is 37.6 Å². The first-order chi connectivity index (χ1) is 10.4. The summed E-state index contributed by atoms with van der Waals surface area (Å²) >= 11 is 0. The van der Waals surface area contributed by atoms with E-state index < -0.39 is 11.9 Å². The maximum absolute atomic E-state index is 11.7. The molecule has 0 radical (unpaired) electrons. The number of hydrogen-bond acceptors (Lipinski definition) is 5. The second-order valence-electron chi connectivity index (χ2n) is 4.75. The second-order valence-corrected chi connectivity index (χ2v) is 4.75. The fourth-order valence-corrected chi connectivity index (χ4v) is 1.61. The number of carboxylic acids is 1. The molecule has 1 rings (SSSR count). The van der Waals surface area contributed by atoms with Crippen molar-refractivity contribution in [1.82, 2.24) is 0 Å². The van der Waals surface area contributed by atoms with Gasteiger partial charge in [0.15, 0.2) is 0 Å². The second kappa shape index (κ2) is 8.71. The summed E-state index contributed by atoms with van der Waals surface area (Å²) in [6, 6.07) is 6.93. The van der Waals surface area contributed by atoms with Gasteiger partial charge >= 0.3 is 11.9 Å². The fraction of sp³-hybridized carbons (Fsp3) is 0.375. The van der Waals surface area contributed by atoms with Crippen LogP contribution in [0, 0.1) is 0 Å². The molecule has 6 nitrogen and oxygen atoms in total. The van der Waals surface area contributed by atoms with Crippen LogP contribution in [-0.2, 0) is 14.3 Å². The number of methoxy groups -OCH3 is 1. The summed E-state index contributed by atoms with van der Waals surface area (Å²) in [6.07, 6.45) is 1.35. The van der Waals surface area contributed by atoms with Crippen LogP contribution in [0.2, 0.25) is 0 Å². The van der Waals surface area contributed by atoms with Crippen LogP contribution in [0.15, 0.2) is 36.0 Å². The molecule has 0 saturated carbocycles. The first kappa shape index (κ1) is 17.6. The van der Waals surface area contributed by atoms with Gasteiger partial charge in [-0.2, -0.15) is 0 Å². The molecule has 0 heterocycles. The minimum atomic E-state index is -1.04. The lowest BCUT2D eigenvalue weighted by Gasteiger charge is -2.12. The molecule has 0 aliphatic heterocycles. The van der Waals surface area contributed by atoms with Crippen LogP contribution >= 0.6 is 0 Å². The molecule has 2 N–H and O–H groups in total. The number of hydrogen-bond donors (Lipinski definition) is 2. The van der Waals surface area contributed by atoms with Gasteiger partial charge < -0.3 is 19.9 Å². The molecular formula is C16H21NO5. The Balaban J connectivity index is 2.82. The SMILES string of the molecule is CCC(C)OC(=O)C=C(CC(=O)O)Nc1ccc(OC)cc1. The summed E-state index contributed by atoms with van der Waals surface area (Å²) in [4.78, 5) is 22.7. The number of carbonyl (C=O) groups is 2. The summed E-state index contributed by atoms with van der Waals surface area (Å²) in [5.74, 6) is -0.916. The molecule has 0 aliphatic rings. The zero-order valence-electron chi connectivity index (χ0n) is 13.0. The number of benzene rings is 1. The minimum absolute atomic E-state index is 0.212. The highest BCUT2D eigenvalue weighted by Crippen LogP contribution is 2.17. The van der Waals surface area contributed by atoms with Gasteiger partial charge in [0.05, 0.1) is 19.6 Å². The Kier molecular flexibility index (Phi) is 6.95. The summed E-state index contributed by atoms with van der Waals surface area (Å²) in [5, 5.41) is 11.8. The van der Waals surface area contributed by atoms with Crippen molar-refractivity contribution in [1.29, 1.82) is 0 Å². The van der Waals surface area contributed by atoms with Crippen molar-refractivity contribution in [2.24, 2.45) is 0 Å². The molecule has 0 aromatic heterocycles. The quantitative estimate of drug-likeness (QED) is 0.567. The number of esters is 1. The van der Waals surface area contributed by atoms with E-state index in [1.165, 1.54) is 6.08 Å². The number of carbonyl (C=O) groups excluding carboxylic acids is 1. The average molecular weight is 307 g/mol. The van der Waals surface area contributed by atoms with Gasteiger partial charge in [0.2, 0.25) is 0 Å². The minimum Gasteiger partial charge on any atom is -0.497 e. The number of carboxylic acid groups (broad SMARTS) is 1. The third-order valence-corrected chi connectivity index (χ3v) is 2.92. The first-order valence-corrected chi connectivity index (χ1v) is 6.98. The predicted octanol–water partition coefficient (Wildman–Crippen LogP) is 2.81. The largest absolute Gasteiger partial charge is 0.497 e. The monoisotopic (exact) mass is 307 g/mol. The van der Waals surface area contributed by atoms with Crippen LogP contribution in [0.25, 0.3) is 0 Å². The zero-order valence-corrected chi connectivity index (χ0v) is 13.0. The Morgan fingerprint density at radius 2 is 1.95 bits per heavy atom. The number of rotatable bonds is 8. The lowest BCUT2D eigenvalue weighted by molar-refractivity contribution is -0.142. The van der Waals surface area contributed by atoms with E-state index >= 15 is 0 Å². The normalized spacial score (nSPS) is 12.4.